The van der Waals surface area contributed by atoms with Gasteiger partial charge in [0.05, 0.1) is 27.7 Å². The van der Waals surface area contributed by atoms with Crippen LogP contribution in [0.1, 0.15) is 76.4 Å². The zero-order valence-corrected chi connectivity index (χ0v) is 38.4. The summed E-state index contributed by atoms with van der Waals surface area (Å²) in [4.78, 5) is 20.9. The molecule has 1 aliphatic heterocycles. The number of para-hydroxylation sites is 3. The van der Waals surface area contributed by atoms with Gasteiger partial charge in [0, 0.05) is 34.4 Å². The van der Waals surface area contributed by atoms with Crippen LogP contribution in [0.15, 0.2) is 97.3 Å². The van der Waals surface area contributed by atoms with Gasteiger partial charge in [-0.3, -0.25) is 9.55 Å². The van der Waals surface area contributed by atoms with E-state index in [2.05, 4.69) is 188 Å². The summed E-state index contributed by atoms with van der Waals surface area (Å²) in [6.45, 7) is 20.4. The van der Waals surface area contributed by atoms with Gasteiger partial charge in [-0.2, -0.15) is 0 Å². The Balaban J connectivity index is 0.00000410. The molecule has 5 aromatic carbocycles. The van der Waals surface area contributed by atoms with E-state index in [-0.39, 0.29) is 37.3 Å². The summed E-state index contributed by atoms with van der Waals surface area (Å²) in [5.41, 5.74) is 16.5. The van der Waals surface area contributed by atoms with Crippen LogP contribution in [0.2, 0.25) is 0 Å². The van der Waals surface area contributed by atoms with Gasteiger partial charge in [-0.1, -0.05) is 102 Å². The predicted octanol–water partition coefficient (Wildman–Crippen LogP) is 11.6. The van der Waals surface area contributed by atoms with Crippen molar-refractivity contribution in [1.29, 1.82) is 0 Å². The van der Waals surface area contributed by atoms with Gasteiger partial charge < -0.3 is 17.8 Å². The molecule has 0 bridgehead atoms. The van der Waals surface area contributed by atoms with Crippen LogP contribution in [0.3, 0.4) is 0 Å². The van der Waals surface area contributed by atoms with Crippen LogP contribution in [-0.2, 0) is 37.3 Å². The van der Waals surface area contributed by atoms with E-state index in [4.69, 9.17) is 19.9 Å². The van der Waals surface area contributed by atoms with Crippen molar-refractivity contribution in [3.8, 4) is 11.5 Å². The summed E-state index contributed by atoms with van der Waals surface area (Å²) < 4.78 is 11.4. The molecule has 0 saturated carbocycles. The van der Waals surface area contributed by atoms with E-state index < -0.39 is 0 Å². The molecule has 0 aliphatic carbocycles. The van der Waals surface area contributed by atoms with Crippen molar-refractivity contribution < 1.29 is 21.1 Å². The minimum atomic E-state index is -0.157. The Morgan fingerprint density at radius 2 is 1.26 bits per heavy atom. The fourth-order valence-electron chi connectivity index (χ4n) is 10.4. The summed E-state index contributed by atoms with van der Waals surface area (Å²) in [6.07, 6.45) is 4.00. The summed E-state index contributed by atoms with van der Waals surface area (Å²) in [6, 6.07) is 38.6. The Labute approximate surface area is 371 Å². The second kappa shape index (κ2) is 12.0. The molecule has 9 nitrogen and oxygen atoms in total. The molecule has 10 heteroatoms. The number of benzene rings is 5. The van der Waals surface area contributed by atoms with Gasteiger partial charge in [0.25, 0.3) is 0 Å². The zero-order valence-electron chi connectivity index (χ0n) is 36.1. The van der Waals surface area contributed by atoms with Crippen LogP contribution in [0.25, 0.3) is 94.5 Å². The monoisotopic (exact) mass is 988 g/mol. The van der Waals surface area contributed by atoms with Crippen molar-refractivity contribution in [2.75, 3.05) is 0 Å². The molecule has 62 heavy (non-hydrogen) atoms. The average molecular weight is 989 g/mol. The topological polar surface area (TPSA) is 74.7 Å². The van der Waals surface area contributed by atoms with Gasteiger partial charge in [0.1, 0.15) is 5.82 Å². The summed E-state index contributed by atoms with van der Waals surface area (Å²) in [7, 11) is 0. The smallest absolute Gasteiger partial charge is 0.337 e. The van der Waals surface area contributed by atoms with E-state index >= 15 is 0 Å². The Kier molecular flexibility index (Phi) is 7.24. The Bertz CT molecular complexity index is 3950. The van der Waals surface area contributed by atoms with E-state index in [1.807, 2.05) is 6.20 Å². The van der Waals surface area contributed by atoms with Gasteiger partial charge in [0.2, 0.25) is 11.6 Å². The first-order valence-corrected chi connectivity index (χ1v) is 21.2. The Morgan fingerprint density at radius 3 is 1.94 bits per heavy atom. The zero-order chi connectivity index (χ0) is 41.6. The molecule has 0 spiro atoms. The molecular weight excluding hydrogens is 946 g/mol. The number of aromatic nitrogens is 9. The van der Waals surface area contributed by atoms with Crippen molar-refractivity contribution >= 4 is 83.0 Å². The molecule has 0 N–H and O–H groups in total. The fourth-order valence-corrected chi connectivity index (χ4v) is 10.4. The molecular formula is C52H43N9Pt. The quantitative estimate of drug-likeness (QED) is 0.128. The molecule has 0 amide bonds. The first-order valence-electron chi connectivity index (χ1n) is 21.2. The minimum absolute atomic E-state index is 0. The third kappa shape index (κ3) is 4.47. The number of hydrogen-bond acceptors (Lipinski definition) is 4. The van der Waals surface area contributed by atoms with Crippen LogP contribution < -0.4 is 0 Å². The van der Waals surface area contributed by atoms with Crippen molar-refractivity contribution in [3.05, 3.63) is 137 Å². The third-order valence-corrected chi connectivity index (χ3v) is 14.5. The van der Waals surface area contributed by atoms with E-state index in [0.29, 0.717) is 0 Å². The van der Waals surface area contributed by atoms with Crippen molar-refractivity contribution in [3.63, 3.8) is 0 Å². The molecule has 0 radical (unpaired) electrons. The van der Waals surface area contributed by atoms with Gasteiger partial charge in [0.15, 0.2) is 0 Å². The number of nitrogens with zero attached hydrogens (tertiary/aromatic N) is 9. The number of aryl methyl sites for hydroxylation is 2. The minimum Gasteiger partial charge on any atom is -0.337 e. The van der Waals surface area contributed by atoms with Gasteiger partial charge in [-0.25, -0.2) is 15.0 Å². The summed E-state index contributed by atoms with van der Waals surface area (Å²) in [5, 5.41) is 3.31. The van der Waals surface area contributed by atoms with Crippen LogP contribution in [0.5, 0.6) is 0 Å². The van der Waals surface area contributed by atoms with Gasteiger partial charge in [-0.05, 0) is 98.9 Å². The molecule has 12 aromatic rings. The molecule has 0 unspecified atom stereocenters. The van der Waals surface area contributed by atoms with Crippen LogP contribution in [0, 0.1) is 26.0 Å². The second-order valence-corrected chi connectivity index (χ2v) is 19.3. The Morgan fingerprint density at radius 1 is 0.613 bits per heavy atom. The van der Waals surface area contributed by atoms with E-state index in [1.165, 1.54) is 27.7 Å². The molecule has 0 fully saturated rings. The first kappa shape index (κ1) is 37.5. The fraction of sp³-hybridized carbons (Fsp3) is 0.231. The third-order valence-electron chi connectivity index (χ3n) is 14.5. The maximum absolute atomic E-state index is 5.42. The standard InChI is InChI=1S/C52H43N9.Pt/c1-28-13-10-17-36-44(28)55-48-57(31-19-20-32-33-15-12-16-35-46(33)61-42(52(8,9)51(35,6)7)27-54-47(61)34(32)24-31)38-25-41-40(26-39(38)58(36)48)59-37-18-11-14-29(2)45(37)56-49(59)60(41)43-23-30(21-22-53-43)50(3,4)5;/h10-23,26-27H,1-9H3;/q-2;+2. The predicted molar refractivity (Wildman–Crippen MR) is 246 cm³/mol. The number of pyridine rings is 2. The summed E-state index contributed by atoms with van der Waals surface area (Å²) in [5.74, 6) is 2.39. The van der Waals surface area contributed by atoms with E-state index in [1.54, 1.807) is 0 Å². The maximum Gasteiger partial charge on any atom is 2.00 e. The molecule has 1 aliphatic rings. The number of hydrogen-bond donors (Lipinski definition) is 0. The SMILES string of the molecule is Cc1cccc2c1nc1n(-c3[c-]c4c(cc3)c3cccc5c3n3c(cnc43)C(C)(C)C5(C)C)c3[c-]c4c(cc3n21)n1c2cccc(C)c2nc1n4-c1cc(C(C)(C)C)ccn1.[Pt+2]. The Hall–Kier alpha value is -6.31. The molecule has 0 saturated heterocycles. The number of fused-ring (bicyclic) bond motifs is 13. The van der Waals surface area contributed by atoms with Gasteiger partial charge in [-0.15, -0.1) is 30.3 Å². The largest absolute Gasteiger partial charge is 2.00 e. The van der Waals surface area contributed by atoms with Crippen LogP contribution in [-0.4, -0.2) is 42.3 Å². The maximum atomic E-state index is 5.42. The average Bonchev–Trinajstić information content (AvgIpc) is 4.05. The number of rotatable bonds is 2. The van der Waals surface area contributed by atoms with Crippen LogP contribution in [0.4, 0.5) is 0 Å². The van der Waals surface area contributed by atoms with E-state index in [0.717, 1.165) is 94.7 Å². The van der Waals surface area contributed by atoms with Crippen molar-refractivity contribution in [2.24, 2.45) is 0 Å². The van der Waals surface area contributed by atoms with Crippen molar-refractivity contribution in [2.45, 2.75) is 78.6 Å². The first-order chi connectivity index (χ1) is 29.2. The second-order valence-electron chi connectivity index (χ2n) is 19.3. The summed E-state index contributed by atoms with van der Waals surface area (Å²) >= 11 is 0. The molecule has 306 valence electrons. The van der Waals surface area contributed by atoms with Crippen molar-refractivity contribution in [1.82, 2.24) is 42.3 Å². The molecule has 13 rings (SSSR count). The van der Waals surface area contributed by atoms with E-state index in [9.17, 15) is 0 Å². The number of imidazole rings is 5. The normalized spacial score (nSPS) is 15.0. The van der Waals surface area contributed by atoms with Crippen LogP contribution >= 0.6 is 0 Å². The van der Waals surface area contributed by atoms with Gasteiger partial charge >= 0.3 is 21.1 Å². The molecule has 0 atom stereocenters. The molecule has 7 aromatic heterocycles. The molecule has 8 heterocycles.